The Hall–Kier alpha value is -1.19. The third-order valence-corrected chi connectivity index (χ3v) is 3.37. The van der Waals surface area contributed by atoms with E-state index in [9.17, 15) is 13.2 Å². The van der Waals surface area contributed by atoms with Gasteiger partial charge in [0, 0.05) is 25.1 Å². The van der Waals surface area contributed by atoms with Crippen molar-refractivity contribution >= 4 is 29.9 Å². The maximum absolute atomic E-state index is 12.1. The molecule has 144 valence electrons. The van der Waals surface area contributed by atoms with Gasteiger partial charge in [-0.05, 0) is 38.3 Å². The lowest BCUT2D eigenvalue weighted by Crippen LogP contribution is -2.37. The summed E-state index contributed by atoms with van der Waals surface area (Å²) in [6, 6.07) is 5.90. The Labute approximate surface area is 164 Å². The first kappa shape index (κ1) is 23.8. The number of alkyl halides is 3. The minimum absolute atomic E-state index is 0. The molecule has 0 amide bonds. The van der Waals surface area contributed by atoms with Gasteiger partial charge in [0.15, 0.2) is 5.96 Å². The molecule has 0 bridgehead atoms. The Kier molecular flexibility index (Phi) is 11.6. The third kappa shape index (κ3) is 10.4. The molecule has 0 spiro atoms. The van der Waals surface area contributed by atoms with Crippen LogP contribution in [-0.2, 0) is 6.54 Å². The number of hydrogen-bond acceptors (Lipinski definition) is 2. The van der Waals surface area contributed by atoms with Crippen molar-refractivity contribution in [3.8, 4) is 5.75 Å². The molecule has 0 radical (unpaired) electrons. The number of hydrogen-bond donors (Lipinski definition) is 2. The SMILES string of the molecule is CCNC(=NCc1ccc(C)cc1OC)NCCCCC(F)(F)F.I. The van der Waals surface area contributed by atoms with Crippen molar-refractivity contribution in [1.29, 1.82) is 0 Å². The number of unbranched alkanes of at least 4 members (excludes halogenated alkanes) is 1. The van der Waals surface area contributed by atoms with E-state index in [1.807, 2.05) is 32.0 Å². The maximum atomic E-state index is 12.1. The van der Waals surface area contributed by atoms with Gasteiger partial charge in [-0.15, -0.1) is 24.0 Å². The van der Waals surface area contributed by atoms with Crippen LogP contribution in [0.3, 0.4) is 0 Å². The van der Waals surface area contributed by atoms with E-state index >= 15 is 0 Å². The molecular formula is C17H27F3IN3O. The van der Waals surface area contributed by atoms with Gasteiger partial charge in [-0.1, -0.05) is 12.1 Å². The standard InChI is InChI=1S/C17H26F3N3O.HI/c1-4-21-16(22-10-6-5-9-17(18,19)20)23-12-14-8-7-13(2)11-15(14)24-3;/h7-8,11H,4-6,9-10,12H2,1-3H3,(H2,21,22,23);1H. The summed E-state index contributed by atoms with van der Waals surface area (Å²) in [6.07, 6.45) is -4.27. The molecule has 0 fully saturated rings. The highest BCUT2D eigenvalue weighted by Gasteiger charge is 2.25. The largest absolute Gasteiger partial charge is 0.496 e. The van der Waals surface area contributed by atoms with Crippen molar-refractivity contribution in [2.45, 2.75) is 45.8 Å². The van der Waals surface area contributed by atoms with Crippen LogP contribution in [0.25, 0.3) is 0 Å². The van der Waals surface area contributed by atoms with E-state index in [1.54, 1.807) is 7.11 Å². The lowest BCUT2D eigenvalue weighted by Gasteiger charge is -2.13. The molecule has 0 aliphatic heterocycles. The first-order chi connectivity index (χ1) is 11.4. The van der Waals surface area contributed by atoms with Gasteiger partial charge in [-0.25, -0.2) is 4.99 Å². The van der Waals surface area contributed by atoms with Crippen molar-refractivity contribution in [2.75, 3.05) is 20.2 Å². The minimum atomic E-state index is -4.08. The first-order valence-electron chi connectivity index (χ1n) is 8.08. The van der Waals surface area contributed by atoms with Gasteiger partial charge in [0.1, 0.15) is 5.75 Å². The molecule has 4 nitrogen and oxygen atoms in total. The number of nitrogens with one attached hydrogen (secondary N) is 2. The number of methoxy groups -OCH3 is 1. The molecule has 2 N–H and O–H groups in total. The molecule has 1 aromatic rings. The van der Waals surface area contributed by atoms with Gasteiger partial charge < -0.3 is 15.4 Å². The molecule has 0 saturated carbocycles. The summed E-state index contributed by atoms with van der Waals surface area (Å²) in [4.78, 5) is 4.46. The number of aliphatic imine (C=N–C) groups is 1. The fourth-order valence-corrected chi connectivity index (χ4v) is 2.15. The molecule has 0 atom stereocenters. The molecule has 0 aromatic heterocycles. The Morgan fingerprint density at radius 2 is 1.92 bits per heavy atom. The van der Waals surface area contributed by atoms with Crippen LogP contribution in [0.2, 0.25) is 0 Å². The normalized spacial score (nSPS) is 11.7. The van der Waals surface area contributed by atoms with Gasteiger partial charge in [0.25, 0.3) is 0 Å². The number of nitrogens with zero attached hydrogens (tertiary/aromatic N) is 1. The van der Waals surface area contributed by atoms with Crippen LogP contribution in [0.4, 0.5) is 13.2 Å². The van der Waals surface area contributed by atoms with Gasteiger partial charge in [0.2, 0.25) is 0 Å². The zero-order valence-corrected chi connectivity index (χ0v) is 17.2. The predicted molar refractivity (Wildman–Crippen MR) is 106 cm³/mol. The molecule has 8 heteroatoms. The van der Waals surface area contributed by atoms with E-state index in [1.165, 1.54) is 0 Å². The van der Waals surface area contributed by atoms with E-state index < -0.39 is 12.6 Å². The smallest absolute Gasteiger partial charge is 0.389 e. The third-order valence-electron chi connectivity index (χ3n) is 3.37. The number of guanidine groups is 1. The fraction of sp³-hybridized carbons (Fsp3) is 0.588. The molecular weight excluding hydrogens is 446 g/mol. The summed E-state index contributed by atoms with van der Waals surface area (Å²) in [5.74, 6) is 1.37. The van der Waals surface area contributed by atoms with Crippen molar-refractivity contribution < 1.29 is 17.9 Å². The Bertz CT molecular complexity index is 536. The molecule has 1 rings (SSSR count). The zero-order chi connectivity index (χ0) is 18.0. The topological polar surface area (TPSA) is 45.7 Å². The van der Waals surface area contributed by atoms with E-state index in [0.29, 0.717) is 32.0 Å². The Morgan fingerprint density at radius 1 is 1.20 bits per heavy atom. The van der Waals surface area contributed by atoms with Crippen LogP contribution in [0, 0.1) is 6.92 Å². The Morgan fingerprint density at radius 3 is 2.52 bits per heavy atom. The summed E-state index contributed by atoms with van der Waals surface area (Å²) in [5.41, 5.74) is 2.06. The zero-order valence-electron chi connectivity index (χ0n) is 14.9. The second-order valence-electron chi connectivity index (χ2n) is 5.51. The summed E-state index contributed by atoms with van der Waals surface area (Å²) >= 11 is 0. The van der Waals surface area contributed by atoms with Crippen LogP contribution >= 0.6 is 24.0 Å². The second kappa shape index (κ2) is 12.2. The second-order valence-corrected chi connectivity index (χ2v) is 5.51. The molecule has 0 aliphatic carbocycles. The van der Waals surface area contributed by atoms with Crippen molar-refractivity contribution in [3.63, 3.8) is 0 Å². The summed E-state index contributed by atoms with van der Waals surface area (Å²) < 4.78 is 41.7. The summed E-state index contributed by atoms with van der Waals surface area (Å²) in [6.45, 7) is 5.49. The van der Waals surface area contributed by atoms with Gasteiger partial charge in [0.05, 0.1) is 13.7 Å². The van der Waals surface area contributed by atoms with Crippen LogP contribution in [0.15, 0.2) is 23.2 Å². The van der Waals surface area contributed by atoms with Crippen molar-refractivity contribution in [3.05, 3.63) is 29.3 Å². The van der Waals surface area contributed by atoms with Crippen molar-refractivity contribution in [2.24, 2.45) is 4.99 Å². The van der Waals surface area contributed by atoms with Gasteiger partial charge >= 0.3 is 6.18 Å². The number of aryl methyl sites for hydroxylation is 1. The minimum Gasteiger partial charge on any atom is -0.496 e. The monoisotopic (exact) mass is 473 g/mol. The van der Waals surface area contributed by atoms with Crippen molar-refractivity contribution in [1.82, 2.24) is 10.6 Å². The van der Waals surface area contributed by atoms with E-state index in [4.69, 9.17) is 4.74 Å². The lowest BCUT2D eigenvalue weighted by molar-refractivity contribution is -0.135. The van der Waals surface area contributed by atoms with Crippen LogP contribution < -0.4 is 15.4 Å². The van der Waals surface area contributed by atoms with Crippen LogP contribution in [0.1, 0.15) is 37.3 Å². The quantitative estimate of drug-likeness (QED) is 0.255. The average molecular weight is 473 g/mol. The fourth-order valence-electron chi connectivity index (χ4n) is 2.15. The Balaban J connectivity index is 0.00000576. The molecule has 1 aromatic carbocycles. The molecule has 0 aliphatic rings. The molecule has 0 saturated heterocycles. The molecule has 0 unspecified atom stereocenters. The predicted octanol–water partition coefficient (Wildman–Crippen LogP) is 4.41. The summed E-state index contributed by atoms with van der Waals surface area (Å²) in [7, 11) is 1.62. The first-order valence-corrected chi connectivity index (χ1v) is 8.08. The number of ether oxygens (including phenoxy) is 1. The maximum Gasteiger partial charge on any atom is 0.389 e. The van der Waals surface area contributed by atoms with E-state index in [2.05, 4.69) is 15.6 Å². The average Bonchev–Trinajstić information content (AvgIpc) is 2.51. The highest BCUT2D eigenvalue weighted by molar-refractivity contribution is 14.0. The number of benzene rings is 1. The highest BCUT2D eigenvalue weighted by Crippen LogP contribution is 2.22. The van der Waals surface area contributed by atoms with E-state index in [0.717, 1.165) is 16.9 Å². The van der Waals surface area contributed by atoms with Gasteiger partial charge in [-0.3, -0.25) is 0 Å². The highest BCUT2D eigenvalue weighted by atomic mass is 127. The summed E-state index contributed by atoms with van der Waals surface area (Å²) in [5, 5.41) is 6.14. The van der Waals surface area contributed by atoms with E-state index in [-0.39, 0.29) is 30.4 Å². The van der Waals surface area contributed by atoms with Crippen LogP contribution in [-0.4, -0.2) is 32.3 Å². The lowest BCUT2D eigenvalue weighted by atomic mass is 10.1. The van der Waals surface area contributed by atoms with Crippen LogP contribution in [0.5, 0.6) is 5.75 Å². The molecule has 25 heavy (non-hydrogen) atoms. The molecule has 0 heterocycles. The van der Waals surface area contributed by atoms with Gasteiger partial charge in [-0.2, -0.15) is 13.2 Å². The number of rotatable bonds is 8. The number of halogens is 4.